The number of para-hydroxylation sites is 1. The highest BCUT2D eigenvalue weighted by Gasteiger charge is 2.24. The maximum atomic E-state index is 14.5. The zero-order chi connectivity index (χ0) is 23.7. The van der Waals surface area contributed by atoms with E-state index in [1.54, 1.807) is 30.5 Å². The molecular formula is C24H20FN3O4S. The number of thiophene rings is 1. The molecule has 0 saturated heterocycles. The monoisotopic (exact) mass is 465 g/mol. The second-order valence-corrected chi connectivity index (χ2v) is 8.30. The van der Waals surface area contributed by atoms with Gasteiger partial charge in [-0.25, -0.2) is 9.18 Å². The number of aryl methyl sites for hydroxylation is 2. The van der Waals surface area contributed by atoms with E-state index in [0.29, 0.717) is 5.56 Å². The minimum absolute atomic E-state index is 0.0547. The molecule has 9 heteroatoms. The van der Waals surface area contributed by atoms with Crippen molar-refractivity contribution in [3.8, 4) is 5.69 Å². The van der Waals surface area contributed by atoms with Crippen LogP contribution in [0.25, 0.3) is 16.5 Å². The lowest BCUT2D eigenvalue weighted by atomic mass is 10.1. The van der Waals surface area contributed by atoms with Crippen LogP contribution in [0.2, 0.25) is 0 Å². The highest BCUT2D eigenvalue weighted by molar-refractivity contribution is 7.16. The third-order valence-corrected chi connectivity index (χ3v) is 5.81. The van der Waals surface area contributed by atoms with Crippen molar-refractivity contribution in [2.45, 2.75) is 20.8 Å². The van der Waals surface area contributed by atoms with E-state index in [2.05, 4.69) is 10.4 Å². The molecule has 33 heavy (non-hydrogen) atoms. The fraction of sp³-hybridized carbons (Fsp3) is 0.167. The van der Waals surface area contributed by atoms with Gasteiger partial charge < -0.3 is 10.1 Å². The first-order valence-corrected chi connectivity index (χ1v) is 11.0. The predicted molar refractivity (Wildman–Crippen MR) is 125 cm³/mol. The largest absolute Gasteiger partial charge is 0.461 e. The second-order valence-electron chi connectivity index (χ2n) is 7.42. The van der Waals surface area contributed by atoms with Gasteiger partial charge in [0.1, 0.15) is 16.5 Å². The summed E-state index contributed by atoms with van der Waals surface area (Å²) in [7, 11) is 0. The minimum atomic E-state index is -0.752. The molecule has 2 aromatic heterocycles. The van der Waals surface area contributed by atoms with E-state index in [1.807, 2.05) is 19.9 Å². The van der Waals surface area contributed by atoms with Crippen molar-refractivity contribution in [2.24, 2.45) is 0 Å². The molecule has 0 fully saturated rings. The lowest BCUT2D eigenvalue weighted by Crippen LogP contribution is -2.26. The van der Waals surface area contributed by atoms with E-state index in [-0.39, 0.29) is 33.8 Å². The molecule has 0 radical (unpaired) electrons. The molecule has 0 saturated carbocycles. The highest BCUT2D eigenvalue weighted by Crippen LogP contribution is 2.31. The molecule has 0 spiro atoms. The number of nitrogens with one attached hydrogen (secondary N) is 1. The van der Waals surface area contributed by atoms with Crippen molar-refractivity contribution in [1.29, 1.82) is 0 Å². The summed E-state index contributed by atoms with van der Waals surface area (Å²) >= 11 is 1.08. The number of rotatable bonds is 5. The number of benzene rings is 2. The normalized spacial score (nSPS) is 10.9. The second kappa shape index (κ2) is 8.95. The van der Waals surface area contributed by atoms with E-state index >= 15 is 0 Å². The quantitative estimate of drug-likeness (QED) is 0.434. The number of esters is 1. The number of fused-ring (bicyclic) bond motifs is 1. The van der Waals surface area contributed by atoms with Crippen molar-refractivity contribution >= 4 is 39.0 Å². The number of anilines is 1. The summed E-state index contributed by atoms with van der Waals surface area (Å²) in [6, 6.07) is 11.0. The van der Waals surface area contributed by atoms with Crippen molar-refractivity contribution in [3.63, 3.8) is 0 Å². The van der Waals surface area contributed by atoms with Crippen LogP contribution < -0.4 is 10.9 Å². The summed E-state index contributed by atoms with van der Waals surface area (Å²) in [5, 5.41) is 8.94. The molecule has 0 aliphatic rings. The number of nitrogens with zero attached hydrogens (tertiary/aromatic N) is 2. The molecule has 4 aromatic rings. The fourth-order valence-corrected chi connectivity index (χ4v) is 4.49. The van der Waals surface area contributed by atoms with Gasteiger partial charge in [-0.1, -0.05) is 29.3 Å². The van der Waals surface area contributed by atoms with Gasteiger partial charge in [0.2, 0.25) is 0 Å². The van der Waals surface area contributed by atoms with Crippen molar-refractivity contribution in [2.75, 3.05) is 11.9 Å². The number of hydrogen-bond acceptors (Lipinski definition) is 6. The van der Waals surface area contributed by atoms with Crippen LogP contribution in [0.3, 0.4) is 0 Å². The van der Waals surface area contributed by atoms with Crippen LogP contribution in [-0.2, 0) is 4.74 Å². The van der Waals surface area contributed by atoms with Crippen LogP contribution in [-0.4, -0.2) is 28.3 Å². The number of ether oxygens (including phenoxy) is 1. The maximum Gasteiger partial charge on any atom is 0.359 e. The van der Waals surface area contributed by atoms with Gasteiger partial charge in [-0.2, -0.15) is 9.78 Å². The zero-order valence-corrected chi connectivity index (χ0v) is 19.0. The first kappa shape index (κ1) is 22.3. The lowest BCUT2D eigenvalue weighted by Gasteiger charge is -2.10. The van der Waals surface area contributed by atoms with E-state index in [1.165, 1.54) is 18.2 Å². The summed E-state index contributed by atoms with van der Waals surface area (Å²) in [5.41, 5.74) is 1.35. The Bertz CT molecular complexity index is 1440. The van der Waals surface area contributed by atoms with Gasteiger partial charge in [-0.3, -0.25) is 9.59 Å². The van der Waals surface area contributed by atoms with Crippen LogP contribution >= 0.6 is 11.3 Å². The number of carbonyl (C=O) groups is 2. The van der Waals surface area contributed by atoms with Gasteiger partial charge in [0.25, 0.3) is 11.5 Å². The highest BCUT2D eigenvalue weighted by atomic mass is 32.1. The van der Waals surface area contributed by atoms with Crippen LogP contribution in [0.1, 0.15) is 38.9 Å². The SMILES string of the molecule is CCOC(=O)c1nn(-c2ccccc2F)c(=O)c2c(NC(=O)c3cc(C)cc(C)c3)scc12. The summed E-state index contributed by atoms with van der Waals surface area (Å²) < 4.78 is 20.4. The molecule has 1 N–H and O–H groups in total. The number of halogens is 1. The zero-order valence-electron chi connectivity index (χ0n) is 18.1. The molecule has 0 unspecified atom stereocenters. The summed E-state index contributed by atoms with van der Waals surface area (Å²) in [6.07, 6.45) is 0. The first-order valence-electron chi connectivity index (χ1n) is 10.2. The standard InChI is InChI=1S/C24H20FN3O4S/c1-4-32-24(31)20-16-12-33-22(26-21(29)15-10-13(2)9-14(3)11-15)19(16)23(30)28(27-20)18-8-6-5-7-17(18)25/h5-12H,4H2,1-3H3,(H,26,29). The van der Waals surface area contributed by atoms with Crippen LogP contribution in [0, 0.1) is 19.7 Å². The van der Waals surface area contributed by atoms with Crippen LogP contribution in [0.4, 0.5) is 9.39 Å². The van der Waals surface area contributed by atoms with Crippen LogP contribution in [0.5, 0.6) is 0 Å². The molecule has 1 amide bonds. The van der Waals surface area contributed by atoms with Gasteiger partial charge in [0, 0.05) is 16.3 Å². The van der Waals surface area contributed by atoms with E-state index in [9.17, 15) is 18.8 Å². The predicted octanol–water partition coefficient (Wildman–Crippen LogP) is 4.63. The average molecular weight is 466 g/mol. The topological polar surface area (TPSA) is 90.3 Å². The van der Waals surface area contributed by atoms with E-state index in [4.69, 9.17) is 4.74 Å². The van der Waals surface area contributed by atoms with Gasteiger partial charge >= 0.3 is 5.97 Å². The minimum Gasteiger partial charge on any atom is -0.461 e. The third-order valence-electron chi connectivity index (χ3n) is 4.91. The Morgan fingerprint density at radius 1 is 1.15 bits per heavy atom. The number of hydrogen-bond donors (Lipinski definition) is 1. The molecule has 0 aliphatic carbocycles. The molecular weight excluding hydrogens is 445 g/mol. The molecule has 0 bridgehead atoms. The Morgan fingerprint density at radius 3 is 2.52 bits per heavy atom. The Hall–Kier alpha value is -3.85. The smallest absolute Gasteiger partial charge is 0.359 e. The Labute approximate surface area is 192 Å². The lowest BCUT2D eigenvalue weighted by molar-refractivity contribution is 0.0519. The summed E-state index contributed by atoms with van der Waals surface area (Å²) in [5.74, 6) is -1.84. The Morgan fingerprint density at radius 2 is 1.85 bits per heavy atom. The van der Waals surface area contributed by atoms with Gasteiger partial charge in [0.15, 0.2) is 5.69 Å². The molecule has 0 atom stereocenters. The number of aromatic nitrogens is 2. The van der Waals surface area contributed by atoms with Gasteiger partial charge in [0.05, 0.1) is 12.0 Å². The van der Waals surface area contributed by atoms with E-state index < -0.39 is 23.3 Å². The number of amides is 1. The molecule has 168 valence electrons. The molecule has 7 nitrogen and oxygen atoms in total. The Balaban J connectivity index is 1.90. The fourth-order valence-electron chi connectivity index (χ4n) is 3.56. The van der Waals surface area contributed by atoms with Crippen LogP contribution in [0.15, 0.2) is 52.6 Å². The third kappa shape index (κ3) is 4.27. The first-order chi connectivity index (χ1) is 15.8. The van der Waals surface area contributed by atoms with Gasteiger partial charge in [-0.05, 0) is 45.0 Å². The summed E-state index contributed by atoms with van der Waals surface area (Å²) in [6.45, 7) is 5.51. The Kier molecular flexibility index (Phi) is 6.06. The van der Waals surface area contributed by atoms with Gasteiger partial charge in [-0.15, -0.1) is 11.3 Å². The van der Waals surface area contributed by atoms with Crippen molar-refractivity contribution in [3.05, 3.63) is 86.4 Å². The van der Waals surface area contributed by atoms with Crippen molar-refractivity contribution in [1.82, 2.24) is 9.78 Å². The maximum absolute atomic E-state index is 14.5. The molecule has 0 aliphatic heterocycles. The van der Waals surface area contributed by atoms with Crippen molar-refractivity contribution < 1.29 is 18.7 Å². The molecule has 4 rings (SSSR count). The molecule has 2 aromatic carbocycles. The average Bonchev–Trinajstić information content (AvgIpc) is 3.18. The van der Waals surface area contributed by atoms with E-state index in [0.717, 1.165) is 27.1 Å². The molecule has 2 heterocycles. The summed E-state index contributed by atoms with van der Waals surface area (Å²) in [4.78, 5) is 38.9. The number of carbonyl (C=O) groups excluding carboxylic acids is 2.